The zero-order valence-electron chi connectivity index (χ0n) is 9.93. The fraction of sp³-hybridized carbons (Fsp3) is 0. The van der Waals surface area contributed by atoms with E-state index in [1.165, 1.54) is 0 Å². The third kappa shape index (κ3) is 57.8. The van der Waals surface area contributed by atoms with E-state index in [2.05, 4.69) is 13.0 Å². The minimum absolute atomic E-state index is 0. The van der Waals surface area contributed by atoms with Crippen molar-refractivity contribution in [2.75, 3.05) is 0 Å². The van der Waals surface area contributed by atoms with Gasteiger partial charge in [-0.15, -0.1) is 13.0 Å². The average molecular weight is 450 g/mol. The van der Waals surface area contributed by atoms with E-state index < -0.39 is 32.2 Å². The van der Waals surface area contributed by atoms with Gasteiger partial charge in [-0.1, -0.05) is 0 Å². The van der Waals surface area contributed by atoms with Gasteiger partial charge >= 0.3 is 100 Å². The maximum Gasteiger partial charge on any atom is 1.00 e. The van der Waals surface area contributed by atoms with Crippen molar-refractivity contribution in [3.63, 3.8) is 0 Å². The van der Waals surface area contributed by atoms with Crippen LogP contribution in [0.2, 0.25) is 0 Å². The number of hydrogen-bond donors (Lipinski definition) is 2. The first kappa shape index (κ1) is 43.7. The molecule has 12 nitrogen and oxygen atoms in total. The molecular formula is H2ClFeNa3O12S3. The summed E-state index contributed by atoms with van der Waals surface area (Å²) in [5, 5.41) is 7.09. The Morgan fingerprint density at radius 2 is 1.05 bits per heavy atom. The molecule has 0 spiro atoms. The fourth-order valence-electron chi connectivity index (χ4n) is 0.0680. The van der Waals surface area contributed by atoms with Crippen molar-refractivity contribution in [2.24, 2.45) is 0 Å². The summed E-state index contributed by atoms with van der Waals surface area (Å²) in [5.41, 5.74) is 0. The first-order chi connectivity index (χ1) is 6.48. The molecule has 1 atom stereocenters. The molecular weight excluding hydrogens is 448 g/mol. The molecule has 2 N–H and O–H groups in total. The minimum Gasteiger partial charge on any atom is -1.00 e. The molecule has 1 unspecified atom stereocenters. The van der Waals surface area contributed by atoms with Crippen LogP contribution in [0.25, 0.3) is 0 Å². The molecule has 0 aliphatic heterocycles. The summed E-state index contributed by atoms with van der Waals surface area (Å²) in [4.78, 5) is 0. The van der Waals surface area contributed by atoms with Gasteiger partial charge in [0, 0.05) is 17.1 Å². The second kappa shape index (κ2) is 22.6. The van der Waals surface area contributed by atoms with E-state index in [0.29, 0.717) is 0 Å². The number of rotatable bonds is 4. The second-order valence-electron chi connectivity index (χ2n) is 1.24. The fourth-order valence-corrected chi connectivity index (χ4v) is 0.612. The Kier molecular flexibility index (Phi) is 49.4. The summed E-state index contributed by atoms with van der Waals surface area (Å²) >= 11 is -2.52. The molecule has 0 aromatic heterocycles. The van der Waals surface area contributed by atoms with E-state index in [1.807, 2.05) is 0 Å². The molecule has 0 aromatic rings. The van der Waals surface area contributed by atoms with E-state index in [1.54, 1.807) is 0 Å². The van der Waals surface area contributed by atoms with Crippen molar-refractivity contribution in [3.05, 3.63) is 0 Å². The molecule has 0 bridgehead atoms. The molecule has 0 aromatic carbocycles. The molecule has 0 saturated heterocycles. The number of halogens is 1. The van der Waals surface area contributed by atoms with Crippen molar-refractivity contribution >= 4 is 32.2 Å². The summed E-state index contributed by atoms with van der Waals surface area (Å²) in [6.07, 6.45) is 0. The molecule has 0 aliphatic carbocycles. The van der Waals surface area contributed by atoms with Crippen molar-refractivity contribution in [3.8, 4) is 0 Å². The Morgan fingerprint density at radius 1 is 0.900 bits per heavy atom. The van der Waals surface area contributed by atoms with Crippen molar-refractivity contribution < 1.29 is 171 Å². The molecule has 0 radical (unpaired) electrons. The topological polar surface area (TPSA) is 200 Å². The molecule has 20 heavy (non-hydrogen) atoms. The third-order valence-corrected chi connectivity index (χ3v) is 0.941. The van der Waals surface area contributed by atoms with Gasteiger partial charge < -0.3 is 21.5 Å². The van der Waals surface area contributed by atoms with Crippen LogP contribution in [0, 0.1) is 0 Å². The summed E-state index contributed by atoms with van der Waals surface area (Å²) in [7, 11) is -10.6. The van der Waals surface area contributed by atoms with E-state index >= 15 is 0 Å². The van der Waals surface area contributed by atoms with Gasteiger partial charge in [-0.25, -0.2) is 22.1 Å². The Morgan fingerprint density at radius 3 is 1.10 bits per heavy atom. The van der Waals surface area contributed by atoms with Gasteiger partial charge in [0.1, 0.15) is 0 Å². The predicted molar refractivity (Wildman–Crippen MR) is 36.0 cm³/mol. The van der Waals surface area contributed by atoms with E-state index in [0.717, 1.165) is 0 Å². The first-order valence-electron chi connectivity index (χ1n) is 2.20. The second-order valence-corrected chi connectivity index (χ2v) is 3.73. The molecule has 0 heterocycles. The van der Waals surface area contributed by atoms with Crippen LogP contribution < -0.4 is 101 Å². The molecule has 0 aliphatic rings. The quantitative estimate of drug-likeness (QED) is 0.102. The van der Waals surface area contributed by atoms with Crippen LogP contribution in [0.5, 0.6) is 0 Å². The first-order valence-corrected chi connectivity index (χ1v) is 5.90. The molecule has 0 fully saturated rings. The minimum atomic E-state index is -5.31. The monoisotopic (exact) mass is 450 g/mol. The van der Waals surface area contributed by atoms with Crippen LogP contribution in [0.3, 0.4) is 0 Å². The summed E-state index contributed by atoms with van der Waals surface area (Å²) < 4.78 is 80.6. The summed E-state index contributed by atoms with van der Waals surface area (Å²) in [5.74, 6) is 0. The van der Waals surface area contributed by atoms with Crippen LogP contribution in [-0.2, 0) is 62.2 Å². The van der Waals surface area contributed by atoms with Crippen molar-refractivity contribution in [1.29, 1.82) is 0 Å². The average Bonchev–Trinajstić information content (AvgIpc) is 2.00. The summed E-state index contributed by atoms with van der Waals surface area (Å²) in [6.45, 7) is 0. The van der Waals surface area contributed by atoms with Gasteiger partial charge in [0.05, 0.1) is 0 Å². The van der Waals surface area contributed by atoms with Crippen LogP contribution in [-0.4, -0.2) is 40.0 Å². The van der Waals surface area contributed by atoms with Crippen molar-refractivity contribution in [2.45, 2.75) is 0 Å². The van der Waals surface area contributed by atoms with E-state index in [9.17, 15) is 25.9 Å². The normalized spacial score (nSPS) is 10.4. The largest absolute Gasteiger partial charge is 1.00 e. The van der Waals surface area contributed by atoms with Gasteiger partial charge in [0.15, 0.2) is 0 Å². The molecule has 0 rings (SSSR count). The Hall–Kier alpha value is 3.58. The Labute approximate surface area is 200 Å². The van der Waals surface area contributed by atoms with Gasteiger partial charge in [-0.3, -0.25) is 4.55 Å². The third-order valence-electron chi connectivity index (χ3n) is 0.258. The van der Waals surface area contributed by atoms with Crippen LogP contribution >= 0.6 is 0 Å². The number of hydrogen-bond acceptors (Lipinski definition) is 11. The molecule has 0 amide bonds. The van der Waals surface area contributed by atoms with E-state index in [4.69, 9.17) is 14.0 Å². The van der Waals surface area contributed by atoms with Crippen molar-refractivity contribution in [1.82, 2.24) is 0 Å². The van der Waals surface area contributed by atoms with Gasteiger partial charge in [0.2, 0.25) is 20.8 Å². The molecule has 110 valence electrons. The van der Waals surface area contributed by atoms with Gasteiger partial charge in [-0.2, -0.15) is 4.21 Å². The van der Waals surface area contributed by atoms with Gasteiger partial charge in [0.25, 0.3) is 0 Å². The smallest absolute Gasteiger partial charge is 1.00 e. The maximum atomic E-state index is 9.37. The standard InChI is InChI=1S/ClH.Fe.3Na.H2O8S2.H2O4S/c;;;;;1-9(2,3)7-8-10(4,5)6;1-4-5(2)3/h1H;;;;;(H,1,2,3)(H,4,5,6);1H,(H,2,3)/q;;3*+1;;/p-3. The zero-order chi connectivity index (χ0) is 12.7. The molecule has 0 saturated carbocycles. The molecule has 20 heteroatoms. The van der Waals surface area contributed by atoms with Crippen LogP contribution in [0.4, 0.5) is 0 Å². The Bertz CT molecular complexity index is 358. The zero-order valence-corrected chi connectivity index (χ0v) is 20.2. The van der Waals surface area contributed by atoms with Crippen LogP contribution in [0.15, 0.2) is 0 Å². The summed E-state index contributed by atoms with van der Waals surface area (Å²) in [6, 6.07) is 0. The maximum absolute atomic E-state index is 9.37. The SMILES string of the molecule is O=S(=O)([O-])OOS(=O)(=O)[O-].O=S(O)OO.[Cl-].[Fe].[Na+].[Na+].[Na+]. The van der Waals surface area contributed by atoms with Gasteiger partial charge in [-0.05, 0) is 0 Å². The predicted octanol–water partition coefficient (Wildman–Crippen LogP) is -14.5. The Balaban J connectivity index is -0.0000000303. The van der Waals surface area contributed by atoms with Crippen LogP contribution in [0.1, 0.15) is 0 Å². The van der Waals surface area contributed by atoms with E-state index in [-0.39, 0.29) is 118 Å².